The van der Waals surface area contributed by atoms with Crippen LogP contribution in [0.3, 0.4) is 0 Å². The van der Waals surface area contributed by atoms with Gasteiger partial charge in [0.25, 0.3) is 0 Å². The molecule has 0 spiro atoms. The van der Waals surface area contributed by atoms with Gasteiger partial charge in [-0.15, -0.1) is 0 Å². The van der Waals surface area contributed by atoms with E-state index in [-0.39, 0.29) is 0 Å². The summed E-state index contributed by atoms with van der Waals surface area (Å²) in [5.74, 6) is 1.43. The number of hydrogen-bond donors (Lipinski definition) is 2. The maximum atomic E-state index is 6.00. The number of nitrogens with zero attached hydrogens (tertiary/aromatic N) is 3. The van der Waals surface area contributed by atoms with Crippen LogP contribution >= 0.6 is 11.6 Å². The van der Waals surface area contributed by atoms with Gasteiger partial charge in [0.2, 0.25) is 0 Å². The fourth-order valence-corrected chi connectivity index (χ4v) is 1.71. The van der Waals surface area contributed by atoms with Crippen LogP contribution in [0.1, 0.15) is 22.6 Å². The fourth-order valence-electron chi connectivity index (χ4n) is 1.50. The van der Waals surface area contributed by atoms with E-state index in [9.17, 15) is 0 Å². The molecule has 6 heteroatoms. The van der Waals surface area contributed by atoms with Crippen molar-refractivity contribution >= 4 is 17.4 Å². The van der Waals surface area contributed by atoms with Crippen LogP contribution in [0.4, 0.5) is 5.82 Å². The molecule has 0 unspecified atom stereocenters. The van der Waals surface area contributed by atoms with Crippen LogP contribution < -0.4 is 5.32 Å². The molecule has 2 aromatic rings. The molecule has 2 aromatic heterocycles. The minimum Gasteiger partial charge on any atom is -0.365 e. The Hall–Kier alpha value is -1.62. The third-order valence-electron chi connectivity index (χ3n) is 2.58. The number of aromatic amines is 1. The van der Waals surface area contributed by atoms with Crippen LogP contribution in [0.15, 0.2) is 6.20 Å². The largest absolute Gasteiger partial charge is 0.365 e. The Morgan fingerprint density at radius 2 is 2.06 bits per heavy atom. The van der Waals surface area contributed by atoms with E-state index in [1.807, 2.05) is 20.8 Å². The Labute approximate surface area is 105 Å². The highest BCUT2D eigenvalue weighted by Gasteiger charge is 2.08. The average molecular weight is 252 g/mol. The van der Waals surface area contributed by atoms with Crippen LogP contribution in [-0.2, 0) is 6.54 Å². The van der Waals surface area contributed by atoms with Crippen molar-refractivity contribution in [2.45, 2.75) is 27.3 Å². The van der Waals surface area contributed by atoms with Gasteiger partial charge in [-0.1, -0.05) is 11.6 Å². The van der Waals surface area contributed by atoms with E-state index in [0.29, 0.717) is 17.5 Å². The second kappa shape index (κ2) is 4.71. The number of halogens is 1. The van der Waals surface area contributed by atoms with Gasteiger partial charge in [0.15, 0.2) is 0 Å². The fraction of sp³-hybridized carbons (Fsp3) is 0.364. The van der Waals surface area contributed by atoms with Crippen LogP contribution in [0, 0.1) is 20.8 Å². The number of anilines is 1. The maximum absolute atomic E-state index is 6.00. The standard InChI is InChI=1S/C11H14ClN5/c1-6-10(12)15-8(3)16-11(6)13-4-9-5-14-17-7(9)2/h5H,4H2,1-3H3,(H,14,17)(H,13,15,16). The number of hydrogen-bond acceptors (Lipinski definition) is 4. The number of nitrogens with one attached hydrogen (secondary N) is 2. The molecule has 0 aromatic carbocycles. The molecule has 0 amide bonds. The lowest BCUT2D eigenvalue weighted by Crippen LogP contribution is -2.06. The zero-order chi connectivity index (χ0) is 12.4. The number of H-pyrrole nitrogens is 1. The van der Waals surface area contributed by atoms with E-state index in [2.05, 4.69) is 25.5 Å². The molecule has 0 aliphatic carbocycles. The zero-order valence-corrected chi connectivity index (χ0v) is 10.8. The molecule has 0 saturated heterocycles. The molecule has 5 nitrogen and oxygen atoms in total. The van der Waals surface area contributed by atoms with Crippen molar-refractivity contribution < 1.29 is 0 Å². The van der Waals surface area contributed by atoms with E-state index in [1.54, 1.807) is 6.20 Å². The topological polar surface area (TPSA) is 66.5 Å². The number of rotatable bonds is 3. The van der Waals surface area contributed by atoms with Gasteiger partial charge in [0.1, 0.15) is 16.8 Å². The van der Waals surface area contributed by atoms with E-state index in [1.165, 1.54) is 0 Å². The summed E-state index contributed by atoms with van der Waals surface area (Å²) >= 11 is 6.00. The molecule has 90 valence electrons. The minimum atomic E-state index is 0.490. The predicted octanol–water partition coefficient (Wildman–Crippen LogP) is 2.39. The summed E-state index contributed by atoms with van der Waals surface area (Å²) in [5.41, 5.74) is 3.02. The van der Waals surface area contributed by atoms with Gasteiger partial charge in [-0.2, -0.15) is 5.10 Å². The van der Waals surface area contributed by atoms with E-state index < -0.39 is 0 Å². The van der Waals surface area contributed by atoms with Crippen molar-refractivity contribution in [1.82, 2.24) is 20.2 Å². The Kier molecular flexibility index (Phi) is 3.28. The molecule has 0 saturated carbocycles. The molecule has 0 radical (unpaired) electrons. The smallest absolute Gasteiger partial charge is 0.137 e. The summed E-state index contributed by atoms with van der Waals surface area (Å²) in [7, 11) is 0. The quantitative estimate of drug-likeness (QED) is 0.822. The van der Waals surface area contributed by atoms with Crippen molar-refractivity contribution in [3.05, 3.63) is 34.0 Å². The SMILES string of the molecule is Cc1nc(Cl)c(C)c(NCc2cn[nH]c2C)n1. The van der Waals surface area contributed by atoms with Crippen LogP contribution in [-0.4, -0.2) is 20.2 Å². The minimum absolute atomic E-state index is 0.490. The van der Waals surface area contributed by atoms with E-state index >= 15 is 0 Å². The maximum Gasteiger partial charge on any atom is 0.137 e. The van der Waals surface area contributed by atoms with Crippen LogP contribution in [0.25, 0.3) is 0 Å². The van der Waals surface area contributed by atoms with Gasteiger partial charge in [-0.3, -0.25) is 5.10 Å². The highest BCUT2D eigenvalue weighted by molar-refractivity contribution is 6.30. The lowest BCUT2D eigenvalue weighted by Gasteiger charge is -2.09. The third kappa shape index (κ3) is 2.55. The highest BCUT2D eigenvalue weighted by atomic mass is 35.5. The summed E-state index contributed by atoms with van der Waals surface area (Å²) in [6.45, 7) is 6.36. The molecule has 17 heavy (non-hydrogen) atoms. The summed E-state index contributed by atoms with van der Waals surface area (Å²) < 4.78 is 0. The second-order valence-electron chi connectivity index (χ2n) is 3.91. The second-order valence-corrected chi connectivity index (χ2v) is 4.27. The molecule has 0 atom stereocenters. The van der Waals surface area contributed by atoms with Crippen LogP contribution in [0.5, 0.6) is 0 Å². The summed E-state index contributed by atoms with van der Waals surface area (Å²) in [6, 6.07) is 0. The zero-order valence-electron chi connectivity index (χ0n) is 10.0. The first-order valence-electron chi connectivity index (χ1n) is 5.31. The van der Waals surface area contributed by atoms with E-state index in [0.717, 1.165) is 22.6 Å². The van der Waals surface area contributed by atoms with Crippen LogP contribution in [0.2, 0.25) is 5.15 Å². The van der Waals surface area contributed by atoms with Crippen molar-refractivity contribution in [3.8, 4) is 0 Å². The molecule has 0 bridgehead atoms. The molecule has 2 heterocycles. The van der Waals surface area contributed by atoms with Gasteiger partial charge in [0, 0.05) is 23.4 Å². The summed E-state index contributed by atoms with van der Waals surface area (Å²) in [4.78, 5) is 8.42. The lowest BCUT2D eigenvalue weighted by molar-refractivity contribution is 0.997. The molecular weight excluding hydrogens is 238 g/mol. The molecule has 2 rings (SSSR count). The van der Waals surface area contributed by atoms with Gasteiger partial charge in [-0.05, 0) is 20.8 Å². The van der Waals surface area contributed by atoms with Gasteiger partial charge < -0.3 is 5.32 Å². The third-order valence-corrected chi connectivity index (χ3v) is 2.95. The van der Waals surface area contributed by atoms with Crippen molar-refractivity contribution in [3.63, 3.8) is 0 Å². The number of aromatic nitrogens is 4. The first-order chi connectivity index (χ1) is 8.08. The summed E-state index contributed by atoms with van der Waals surface area (Å²) in [6.07, 6.45) is 1.80. The monoisotopic (exact) mass is 251 g/mol. The van der Waals surface area contributed by atoms with Crippen molar-refractivity contribution in [2.24, 2.45) is 0 Å². The molecule has 0 fully saturated rings. The van der Waals surface area contributed by atoms with Crippen molar-refractivity contribution in [2.75, 3.05) is 5.32 Å². The first kappa shape index (κ1) is 11.9. The van der Waals surface area contributed by atoms with Gasteiger partial charge in [0.05, 0.1) is 6.20 Å². The molecule has 0 aliphatic heterocycles. The average Bonchev–Trinajstić information content (AvgIpc) is 2.67. The Bertz CT molecular complexity index is 535. The first-order valence-corrected chi connectivity index (χ1v) is 5.69. The molecule has 2 N–H and O–H groups in total. The van der Waals surface area contributed by atoms with Gasteiger partial charge in [-0.25, -0.2) is 9.97 Å². The Balaban J connectivity index is 2.17. The summed E-state index contributed by atoms with van der Waals surface area (Å²) in [5, 5.41) is 10.6. The predicted molar refractivity (Wildman–Crippen MR) is 67.2 cm³/mol. The number of aryl methyl sites for hydroxylation is 2. The van der Waals surface area contributed by atoms with Crippen molar-refractivity contribution in [1.29, 1.82) is 0 Å². The Morgan fingerprint density at radius 3 is 2.71 bits per heavy atom. The molecular formula is C11H14ClN5. The normalized spacial score (nSPS) is 10.6. The Morgan fingerprint density at radius 1 is 1.29 bits per heavy atom. The van der Waals surface area contributed by atoms with E-state index in [4.69, 9.17) is 11.6 Å². The highest BCUT2D eigenvalue weighted by Crippen LogP contribution is 2.20. The molecule has 0 aliphatic rings. The van der Waals surface area contributed by atoms with Gasteiger partial charge >= 0.3 is 0 Å². The lowest BCUT2D eigenvalue weighted by atomic mass is 10.2.